The van der Waals surface area contributed by atoms with Crippen molar-refractivity contribution in [2.45, 2.75) is 19.4 Å². The molecule has 0 aliphatic rings. The van der Waals surface area contributed by atoms with Crippen LogP contribution in [-0.2, 0) is 13.5 Å². The Morgan fingerprint density at radius 3 is 3.00 bits per heavy atom. The summed E-state index contributed by atoms with van der Waals surface area (Å²) in [6.07, 6.45) is 1.87. The van der Waals surface area contributed by atoms with E-state index in [1.54, 1.807) is 16.9 Å². The predicted molar refractivity (Wildman–Crippen MR) is 56.6 cm³/mol. The van der Waals surface area contributed by atoms with Crippen molar-refractivity contribution in [1.29, 1.82) is 0 Å². The number of aliphatic hydroxyl groups is 1. The van der Waals surface area contributed by atoms with Crippen molar-refractivity contribution < 1.29 is 5.11 Å². The van der Waals surface area contributed by atoms with Crippen LogP contribution < -0.4 is 0 Å². The molecule has 2 aromatic rings. The fourth-order valence-electron chi connectivity index (χ4n) is 1.38. The molecule has 1 unspecified atom stereocenters. The minimum Gasteiger partial charge on any atom is -0.381 e. The maximum Gasteiger partial charge on any atom is 0.135 e. The highest BCUT2D eigenvalue weighted by atomic mass is 32.1. The summed E-state index contributed by atoms with van der Waals surface area (Å²) >= 11 is 1.23. The second-order valence-corrected chi connectivity index (χ2v) is 4.04. The van der Waals surface area contributed by atoms with Gasteiger partial charge in [-0.15, -0.1) is 5.10 Å². The second-order valence-electron chi connectivity index (χ2n) is 3.25. The van der Waals surface area contributed by atoms with Crippen molar-refractivity contribution in [2.24, 2.45) is 7.05 Å². The Bertz CT molecular complexity index is 450. The molecule has 0 aliphatic heterocycles. The first-order valence-corrected chi connectivity index (χ1v) is 5.48. The number of hydrogen-bond donors (Lipinski definition) is 1. The Morgan fingerprint density at radius 2 is 2.40 bits per heavy atom. The molecule has 0 fully saturated rings. The molecule has 5 nitrogen and oxygen atoms in total. The zero-order valence-electron chi connectivity index (χ0n) is 8.58. The molecule has 1 atom stereocenters. The van der Waals surface area contributed by atoms with E-state index in [-0.39, 0.29) is 0 Å². The first-order valence-electron chi connectivity index (χ1n) is 4.71. The van der Waals surface area contributed by atoms with Crippen LogP contribution in [0.15, 0.2) is 12.3 Å². The van der Waals surface area contributed by atoms with Gasteiger partial charge in [0.25, 0.3) is 0 Å². The smallest absolute Gasteiger partial charge is 0.135 e. The molecule has 0 saturated carbocycles. The average Bonchev–Trinajstić information content (AvgIpc) is 2.84. The van der Waals surface area contributed by atoms with E-state index in [0.717, 1.165) is 17.0 Å². The first kappa shape index (κ1) is 10.3. The number of hydrogen-bond acceptors (Lipinski definition) is 5. The topological polar surface area (TPSA) is 63.8 Å². The van der Waals surface area contributed by atoms with E-state index in [0.29, 0.717) is 5.69 Å². The molecule has 1 N–H and O–H groups in total. The molecule has 0 aromatic carbocycles. The van der Waals surface area contributed by atoms with Gasteiger partial charge in [-0.25, -0.2) is 0 Å². The number of aryl methyl sites for hydroxylation is 2. The Kier molecular flexibility index (Phi) is 2.79. The van der Waals surface area contributed by atoms with Crippen LogP contribution in [0.2, 0.25) is 0 Å². The maximum atomic E-state index is 10.1. The van der Waals surface area contributed by atoms with Crippen molar-refractivity contribution >= 4 is 11.5 Å². The van der Waals surface area contributed by atoms with Gasteiger partial charge in [-0.05, 0) is 24.0 Å². The molecular weight excluding hydrogens is 212 g/mol. The molecule has 0 spiro atoms. The van der Waals surface area contributed by atoms with Gasteiger partial charge < -0.3 is 5.11 Å². The quantitative estimate of drug-likeness (QED) is 0.842. The van der Waals surface area contributed by atoms with Crippen LogP contribution in [0.25, 0.3) is 0 Å². The van der Waals surface area contributed by atoms with Crippen LogP contribution in [-0.4, -0.2) is 24.5 Å². The molecule has 2 aromatic heterocycles. The van der Waals surface area contributed by atoms with Crippen LogP contribution in [0.3, 0.4) is 0 Å². The number of rotatable bonds is 3. The summed E-state index contributed by atoms with van der Waals surface area (Å²) in [7, 11) is 1.82. The second kappa shape index (κ2) is 4.08. The highest BCUT2D eigenvalue weighted by Crippen LogP contribution is 2.25. The minimum absolute atomic E-state index is 0.637. The number of nitrogens with zero attached hydrogens (tertiary/aromatic N) is 4. The van der Waals surface area contributed by atoms with E-state index in [1.807, 2.05) is 14.0 Å². The third-order valence-electron chi connectivity index (χ3n) is 2.18. The Labute approximate surface area is 91.5 Å². The molecule has 2 heterocycles. The van der Waals surface area contributed by atoms with Crippen molar-refractivity contribution in [3.63, 3.8) is 0 Å². The lowest BCUT2D eigenvalue weighted by Crippen LogP contribution is -2.02. The van der Waals surface area contributed by atoms with Crippen molar-refractivity contribution in [1.82, 2.24) is 19.4 Å². The van der Waals surface area contributed by atoms with Crippen LogP contribution >= 0.6 is 11.5 Å². The van der Waals surface area contributed by atoms with E-state index in [4.69, 9.17) is 0 Å². The average molecular weight is 224 g/mol. The molecule has 0 radical (unpaired) electrons. The van der Waals surface area contributed by atoms with Gasteiger partial charge in [0.2, 0.25) is 0 Å². The summed E-state index contributed by atoms with van der Waals surface area (Å²) in [5.41, 5.74) is 1.48. The monoisotopic (exact) mass is 224 g/mol. The summed E-state index contributed by atoms with van der Waals surface area (Å²) in [4.78, 5) is 0.788. The molecule has 0 amide bonds. The molecule has 0 aliphatic carbocycles. The number of aromatic nitrogens is 4. The van der Waals surface area contributed by atoms with Gasteiger partial charge in [-0.3, -0.25) is 4.68 Å². The van der Waals surface area contributed by atoms with Gasteiger partial charge in [-0.2, -0.15) is 5.10 Å². The Hall–Kier alpha value is -1.27. The Balaban J connectivity index is 2.31. The summed E-state index contributed by atoms with van der Waals surface area (Å²) in [6, 6.07) is 1.80. The van der Waals surface area contributed by atoms with Crippen LogP contribution in [0.1, 0.15) is 29.3 Å². The van der Waals surface area contributed by atoms with E-state index in [9.17, 15) is 5.11 Å². The largest absolute Gasteiger partial charge is 0.381 e. The van der Waals surface area contributed by atoms with E-state index < -0.39 is 6.10 Å². The highest BCUT2D eigenvalue weighted by Gasteiger charge is 2.19. The van der Waals surface area contributed by atoms with Gasteiger partial charge in [0.05, 0.1) is 16.3 Å². The Morgan fingerprint density at radius 1 is 1.60 bits per heavy atom. The summed E-state index contributed by atoms with van der Waals surface area (Å²) in [5.74, 6) is 0. The molecule has 6 heteroatoms. The first-order chi connectivity index (χ1) is 7.22. The van der Waals surface area contributed by atoms with Crippen molar-refractivity contribution in [3.8, 4) is 0 Å². The molecule has 80 valence electrons. The van der Waals surface area contributed by atoms with E-state index in [1.165, 1.54) is 11.5 Å². The minimum atomic E-state index is -0.707. The predicted octanol–water partition coefficient (Wildman–Crippen LogP) is 0.916. The van der Waals surface area contributed by atoms with Crippen molar-refractivity contribution in [2.75, 3.05) is 0 Å². The van der Waals surface area contributed by atoms with E-state index >= 15 is 0 Å². The summed E-state index contributed by atoms with van der Waals surface area (Å²) in [6.45, 7) is 1.99. The SMILES string of the molecule is CCc1nnsc1C(O)c1ccn(C)n1. The van der Waals surface area contributed by atoms with Gasteiger partial charge in [0.1, 0.15) is 6.10 Å². The lowest BCUT2D eigenvalue weighted by molar-refractivity contribution is 0.217. The van der Waals surface area contributed by atoms with Gasteiger partial charge >= 0.3 is 0 Å². The van der Waals surface area contributed by atoms with Crippen LogP contribution in [0.5, 0.6) is 0 Å². The normalized spacial score (nSPS) is 13.0. The third-order valence-corrected chi connectivity index (χ3v) is 3.00. The maximum absolute atomic E-state index is 10.1. The molecule has 15 heavy (non-hydrogen) atoms. The van der Waals surface area contributed by atoms with E-state index in [2.05, 4.69) is 14.7 Å². The fraction of sp³-hybridized carbons (Fsp3) is 0.444. The number of aliphatic hydroxyl groups excluding tert-OH is 1. The van der Waals surface area contributed by atoms with Crippen molar-refractivity contribution in [3.05, 3.63) is 28.5 Å². The van der Waals surface area contributed by atoms with Gasteiger partial charge in [0.15, 0.2) is 0 Å². The van der Waals surface area contributed by atoms with Gasteiger partial charge in [0, 0.05) is 13.2 Å². The third kappa shape index (κ3) is 1.91. The summed E-state index contributed by atoms with van der Waals surface area (Å²) < 4.78 is 5.51. The lowest BCUT2D eigenvalue weighted by Gasteiger charge is -2.05. The summed E-state index contributed by atoms with van der Waals surface area (Å²) in [5, 5.41) is 18.2. The zero-order valence-corrected chi connectivity index (χ0v) is 9.40. The van der Waals surface area contributed by atoms with Gasteiger partial charge in [-0.1, -0.05) is 11.4 Å². The molecule has 2 rings (SSSR count). The molecule has 0 bridgehead atoms. The van der Waals surface area contributed by atoms with Crippen LogP contribution in [0, 0.1) is 0 Å². The standard InChI is InChI=1S/C9H12N4OS/c1-3-6-9(15-12-10-6)8(14)7-4-5-13(2)11-7/h4-5,8,14H,3H2,1-2H3. The molecular formula is C9H12N4OS. The highest BCUT2D eigenvalue weighted by molar-refractivity contribution is 7.05. The van der Waals surface area contributed by atoms with Crippen LogP contribution in [0.4, 0.5) is 0 Å². The zero-order chi connectivity index (χ0) is 10.8. The lowest BCUT2D eigenvalue weighted by atomic mass is 10.1. The fourth-order valence-corrected chi connectivity index (χ4v) is 2.12. The molecule has 0 saturated heterocycles.